The molecule has 1 aromatic rings. The Morgan fingerprint density at radius 2 is 2.25 bits per heavy atom. The van der Waals surface area contributed by atoms with Gasteiger partial charge in [-0.3, -0.25) is 4.79 Å². The molecule has 0 bridgehead atoms. The van der Waals surface area contributed by atoms with Crippen LogP contribution in [0.5, 0.6) is 0 Å². The lowest BCUT2D eigenvalue weighted by Crippen LogP contribution is -2.16. The third-order valence-corrected chi connectivity index (χ3v) is 4.12. The van der Waals surface area contributed by atoms with Gasteiger partial charge in [-0.2, -0.15) is 0 Å². The minimum atomic E-state index is -0.0704. The molecular weight excluding hydrogens is 317 g/mol. The van der Waals surface area contributed by atoms with Gasteiger partial charge in [0.05, 0.1) is 6.33 Å². The fourth-order valence-electron chi connectivity index (χ4n) is 2.20. The Hall–Kier alpha value is -0.590. The molecule has 4 nitrogen and oxygen atoms in total. The van der Waals surface area contributed by atoms with Crippen molar-refractivity contribution in [1.29, 1.82) is 0 Å². The van der Waals surface area contributed by atoms with Crippen LogP contribution in [0.15, 0.2) is 11.1 Å². The lowest BCUT2D eigenvalue weighted by molar-refractivity contribution is 0.518. The second-order valence-electron chi connectivity index (χ2n) is 4.26. The molecule has 5 heteroatoms. The van der Waals surface area contributed by atoms with Gasteiger partial charge < -0.3 is 10.3 Å². The van der Waals surface area contributed by atoms with Crippen LogP contribution in [0.2, 0.25) is 0 Å². The topological polar surface area (TPSA) is 57.8 Å². The summed E-state index contributed by atoms with van der Waals surface area (Å²) in [5.41, 5.74) is -0.0704. The quantitative estimate of drug-likeness (QED) is 0.832. The Morgan fingerprint density at radius 3 is 3.00 bits per heavy atom. The van der Waals surface area contributed by atoms with E-state index in [9.17, 15) is 4.79 Å². The van der Waals surface area contributed by atoms with Crippen LogP contribution >= 0.6 is 22.6 Å². The highest BCUT2D eigenvalue weighted by molar-refractivity contribution is 14.1. The molecule has 0 amide bonds. The van der Waals surface area contributed by atoms with Crippen molar-refractivity contribution >= 4 is 28.4 Å². The van der Waals surface area contributed by atoms with Gasteiger partial charge in [0.15, 0.2) is 0 Å². The van der Waals surface area contributed by atoms with Crippen LogP contribution in [0, 0.1) is 9.49 Å². The molecule has 1 aliphatic carbocycles. The Morgan fingerprint density at radius 1 is 1.50 bits per heavy atom. The van der Waals surface area contributed by atoms with Crippen molar-refractivity contribution < 1.29 is 0 Å². The molecule has 0 aliphatic heterocycles. The number of rotatable bonds is 4. The monoisotopic (exact) mass is 333 g/mol. The predicted molar refractivity (Wildman–Crippen MR) is 72.6 cm³/mol. The number of nitrogens with zero attached hydrogens (tertiary/aromatic N) is 1. The average molecular weight is 333 g/mol. The first-order valence-electron chi connectivity index (χ1n) is 5.74. The fourth-order valence-corrected chi connectivity index (χ4v) is 2.69. The summed E-state index contributed by atoms with van der Waals surface area (Å²) in [6, 6.07) is 0. The van der Waals surface area contributed by atoms with Crippen molar-refractivity contribution in [1.82, 2.24) is 9.97 Å². The van der Waals surface area contributed by atoms with E-state index in [1.165, 1.54) is 38.4 Å². The van der Waals surface area contributed by atoms with E-state index in [4.69, 9.17) is 0 Å². The number of hydrogen-bond donors (Lipinski definition) is 2. The molecule has 1 fully saturated rings. The summed E-state index contributed by atoms with van der Waals surface area (Å²) in [5, 5.41) is 3.24. The second-order valence-corrected chi connectivity index (χ2v) is 5.34. The first-order valence-corrected chi connectivity index (χ1v) is 6.82. The molecule has 0 atom stereocenters. The molecule has 2 N–H and O–H groups in total. The van der Waals surface area contributed by atoms with Crippen molar-refractivity contribution in [3.05, 3.63) is 20.3 Å². The van der Waals surface area contributed by atoms with Crippen LogP contribution in [0.3, 0.4) is 0 Å². The Kier molecular flexibility index (Phi) is 4.20. The lowest BCUT2D eigenvalue weighted by atomic mass is 10.0. The summed E-state index contributed by atoms with van der Waals surface area (Å²) >= 11 is 2.02. The minimum absolute atomic E-state index is 0.0704. The van der Waals surface area contributed by atoms with Crippen molar-refractivity contribution in [3.63, 3.8) is 0 Å². The summed E-state index contributed by atoms with van der Waals surface area (Å²) in [6.45, 7) is 0.914. The summed E-state index contributed by atoms with van der Waals surface area (Å²) in [5.74, 6) is 1.58. The molecule has 0 saturated heterocycles. The molecule has 16 heavy (non-hydrogen) atoms. The SMILES string of the molecule is O=c1[nH]cnc(NCCC2CCCC2)c1I. The summed E-state index contributed by atoms with van der Waals surface area (Å²) < 4.78 is 0.645. The zero-order valence-corrected chi connectivity index (χ0v) is 11.3. The van der Waals surface area contributed by atoms with E-state index in [1.807, 2.05) is 22.6 Å². The Balaban J connectivity index is 1.84. The zero-order chi connectivity index (χ0) is 11.4. The van der Waals surface area contributed by atoms with Gasteiger partial charge in [-0.15, -0.1) is 0 Å². The largest absolute Gasteiger partial charge is 0.369 e. The number of aromatic nitrogens is 2. The van der Waals surface area contributed by atoms with E-state index >= 15 is 0 Å². The lowest BCUT2D eigenvalue weighted by Gasteiger charge is -2.10. The fraction of sp³-hybridized carbons (Fsp3) is 0.636. The number of nitrogens with one attached hydrogen (secondary N) is 2. The molecule has 0 aromatic carbocycles. The molecule has 88 valence electrons. The number of hydrogen-bond acceptors (Lipinski definition) is 3. The van der Waals surface area contributed by atoms with Gasteiger partial charge in [0, 0.05) is 6.54 Å². The maximum absolute atomic E-state index is 11.3. The van der Waals surface area contributed by atoms with Gasteiger partial charge in [-0.1, -0.05) is 25.7 Å². The van der Waals surface area contributed by atoms with E-state index in [-0.39, 0.29) is 5.56 Å². The van der Waals surface area contributed by atoms with Gasteiger partial charge in [0.1, 0.15) is 9.39 Å². The number of halogens is 1. The molecule has 0 unspecified atom stereocenters. The Labute approximate surface area is 108 Å². The van der Waals surface area contributed by atoms with Crippen molar-refractivity contribution in [2.24, 2.45) is 5.92 Å². The molecule has 1 aliphatic rings. The number of H-pyrrole nitrogens is 1. The molecular formula is C11H16IN3O. The van der Waals surface area contributed by atoms with Crippen LogP contribution in [0.4, 0.5) is 5.82 Å². The van der Waals surface area contributed by atoms with Crippen LogP contribution in [0.25, 0.3) is 0 Å². The van der Waals surface area contributed by atoms with Crippen molar-refractivity contribution in [3.8, 4) is 0 Å². The standard InChI is InChI=1S/C11H16IN3O/c12-9-10(14-7-15-11(9)16)13-6-5-8-3-1-2-4-8/h7-8H,1-6H2,(H2,13,14,15,16). The smallest absolute Gasteiger partial charge is 0.266 e. The van der Waals surface area contributed by atoms with Crippen LogP contribution < -0.4 is 10.9 Å². The normalized spacial score (nSPS) is 16.6. The van der Waals surface area contributed by atoms with Crippen LogP contribution in [-0.2, 0) is 0 Å². The van der Waals surface area contributed by atoms with Crippen LogP contribution in [-0.4, -0.2) is 16.5 Å². The van der Waals surface area contributed by atoms with E-state index in [1.54, 1.807) is 0 Å². The molecule has 0 radical (unpaired) electrons. The maximum atomic E-state index is 11.3. The van der Waals surface area contributed by atoms with Crippen LogP contribution in [0.1, 0.15) is 32.1 Å². The average Bonchev–Trinajstić information content (AvgIpc) is 2.77. The van der Waals surface area contributed by atoms with Gasteiger partial charge in [-0.05, 0) is 34.9 Å². The van der Waals surface area contributed by atoms with E-state index in [0.29, 0.717) is 9.39 Å². The second kappa shape index (κ2) is 5.65. The predicted octanol–water partition coefficient (Wildman–Crippen LogP) is 2.37. The molecule has 0 spiro atoms. The third kappa shape index (κ3) is 2.96. The highest BCUT2D eigenvalue weighted by Gasteiger charge is 2.14. The Bertz CT molecular complexity index is 398. The molecule has 1 heterocycles. The van der Waals surface area contributed by atoms with Crippen molar-refractivity contribution in [2.45, 2.75) is 32.1 Å². The number of aromatic amines is 1. The molecule has 1 saturated carbocycles. The van der Waals surface area contributed by atoms with Gasteiger partial charge in [-0.25, -0.2) is 4.98 Å². The van der Waals surface area contributed by atoms with E-state index < -0.39 is 0 Å². The highest BCUT2D eigenvalue weighted by atomic mass is 127. The minimum Gasteiger partial charge on any atom is -0.369 e. The van der Waals surface area contributed by atoms with E-state index in [2.05, 4.69) is 15.3 Å². The number of anilines is 1. The summed E-state index contributed by atoms with van der Waals surface area (Å²) in [4.78, 5) is 18.0. The van der Waals surface area contributed by atoms with Crippen molar-refractivity contribution in [2.75, 3.05) is 11.9 Å². The molecule has 2 rings (SSSR count). The summed E-state index contributed by atoms with van der Waals surface area (Å²) in [7, 11) is 0. The zero-order valence-electron chi connectivity index (χ0n) is 9.13. The first kappa shape index (κ1) is 11.9. The van der Waals surface area contributed by atoms with Gasteiger partial charge in [0.2, 0.25) is 0 Å². The first-order chi connectivity index (χ1) is 7.77. The van der Waals surface area contributed by atoms with Gasteiger partial charge >= 0.3 is 0 Å². The molecule has 1 aromatic heterocycles. The summed E-state index contributed by atoms with van der Waals surface area (Å²) in [6.07, 6.45) is 8.12. The van der Waals surface area contributed by atoms with Gasteiger partial charge in [0.25, 0.3) is 5.56 Å². The maximum Gasteiger partial charge on any atom is 0.266 e. The van der Waals surface area contributed by atoms with E-state index in [0.717, 1.165) is 12.5 Å². The third-order valence-electron chi connectivity index (χ3n) is 3.12. The highest BCUT2D eigenvalue weighted by Crippen LogP contribution is 2.27.